The molecule has 3 fully saturated rings. The van der Waals surface area contributed by atoms with Crippen LogP contribution >= 0.6 is 0 Å². The molecule has 1 spiro atoms. The fraction of sp³-hybridized carbons (Fsp3) is 0.593. The first kappa shape index (κ1) is 24.8. The molecule has 2 aromatic rings. The number of benzene rings is 1. The number of aromatic nitrogens is 2. The summed E-state index contributed by atoms with van der Waals surface area (Å²) < 4.78 is 17.4. The smallest absolute Gasteiger partial charge is 0.316 e. The number of amides is 1. The van der Waals surface area contributed by atoms with E-state index in [1.165, 1.54) is 12.8 Å². The fourth-order valence-corrected chi connectivity index (χ4v) is 5.42. The van der Waals surface area contributed by atoms with Gasteiger partial charge in [-0.2, -0.15) is 0 Å². The van der Waals surface area contributed by atoms with Gasteiger partial charge in [-0.15, -0.1) is 0 Å². The Hall–Kier alpha value is -2.91. The molecule has 1 aromatic heterocycles. The van der Waals surface area contributed by atoms with Gasteiger partial charge in [0, 0.05) is 37.9 Å². The van der Waals surface area contributed by atoms with Crippen LogP contribution in [-0.4, -0.2) is 85.0 Å². The number of hydrogen-bond acceptors (Lipinski definition) is 8. The molecule has 194 valence electrons. The van der Waals surface area contributed by atoms with Crippen LogP contribution in [0.15, 0.2) is 36.7 Å². The highest BCUT2D eigenvalue weighted by Crippen LogP contribution is 2.34. The monoisotopic (exact) mass is 495 g/mol. The SMILES string of the molecule is COc1ncc(N2CC3(CCN(c4ccc(OC5CCN(C(C)C)CC5)cc4)CC3)OCC2=O)cn1. The molecule has 1 amide bonds. The highest BCUT2D eigenvalue weighted by molar-refractivity contribution is 5.94. The zero-order chi connectivity index (χ0) is 25.1. The number of carbonyl (C=O) groups is 1. The van der Waals surface area contributed by atoms with E-state index in [4.69, 9.17) is 14.2 Å². The molecule has 0 radical (unpaired) electrons. The lowest BCUT2D eigenvalue weighted by atomic mass is 9.89. The topological polar surface area (TPSA) is 80.3 Å². The first-order chi connectivity index (χ1) is 17.4. The molecular weight excluding hydrogens is 458 g/mol. The first-order valence-electron chi connectivity index (χ1n) is 13.0. The van der Waals surface area contributed by atoms with Gasteiger partial charge in [0.05, 0.1) is 37.3 Å². The standard InChI is InChI=1S/C27H37N5O4/c1-20(2)30-12-8-24(9-13-30)36-23-6-4-21(5-7-23)31-14-10-27(11-15-31)19-32(25(33)18-35-27)22-16-28-26(34-3)29-17-22/h4-7,16-17,20,24H,8-15,18-19H2,1-3H3. The summed E-state index contributed by atoms with van der Waals surface area (Å²) in [5, 5.41) is 0. The highest BCUT2D eigenvalue weighted by atomic mass is 16.5. The van der Waals surface area contributed by atoms with Gasteiger partial charge >= 0.3 is 6.01 Å². The number of carbonyl (C=O) groups excluding carboxylic acids is 1. The maximum absolute atomic E-state index is 12.6. The normalized spacial score (nSPS) is 21.3. The number of morpholine rings is 1. The average molecular weight is 496 g/mol. The third-order valence-corrected chi connectivity index (χ3v) is 7.74. The van der Waals surface area contributed by atoms with Gasteiger partial charge in [0.15, 0.2) is 0 Å². The molecule has 3 saturated heterocycles. The van der Waals surface area contributed by atoms with Crippen molar-refractivity contribution in [1.82, 2.24) is 14.9 Å². The predicted molar refractivity (Wildman–Crippen MR) is 138 cm³/mol. The number of hydrogen-bond donors (Lipinski definition) is 0. The fourth-order valence-electron chi connectivity index (χ4n) is 5.42. The van der Waals surface area contributed by atoms with Crippen molar-refractivity contribution in [3.05, 3.63) is 36.7 Å². The third kappa shape index (κ3) is 5.42. The molecule has 1 aromatic carbocycles. The number of anilines is 2. The molecule has 0 saturated carbocycles. The summed E-state index contributed by atoms with van der Waals surface area (Å²) in [4.78, 5) is 27.5. The number of piperidine rings is 2. The van der Waals surface area contributed by atoms with Gasteiger partial charge in [-0.05, 0) is 63.8 Å². The van der Waals surface area contributed by atoms with Crippen LogP contribution in [0.4, 0.5) is 11.4 Å². The van der Waals surface area contributed by atoms with Gasteiger partial charge in [-0.3, -0.25) is 4.79 Å². The van der Waals surface area contributed by atoms with E-state index >= 15 is 0 Å². The quantitative estimate of drug-likeness (QED) is 0.605. The molecule has 9 heteroatoms. The van der Waals surface area contributed by atoms with E-state index in [1.54, 1.807) is 17.3 Å². The van der Waals surface area contributed by atoms with Crippen molar-refractivity contribution in [2.45, 2.75) is 57.3 Å². The second kappa shape index (κ2) is 10.6. The van der Waals surface area contributed by atoms with Crippen molar-refractivity contribution in [2.75, 3.05) is 56.2 Å². The minimum absolute atomic E-state index is 0.0673. The number of methoxy groups -OCH3 is 1. The first-order valence-corrected chi connectivity index (χ1v) is 13.0. The summed E-state index contributed by atoms with van der Waals surface area (Å²) in [6.45, 7) is 9.05. The van der Waals surface area contributed by atoms with E-state index in [0.717, 1.165) is 57.6 Å². The predicted octanol–water partition coefficient (Wildman–Crippen LogP) is 3.14. The Morgan fingerprint density at radius 2 is 1.67 bits per heavy atom. The van der Waals surface area contributed by atoms with Crippen molar-refractivity contribution in [1.29, 1.82) is 0 Å². The van der Waals surface area contributed by atoms with Gasteiger partial charge in [0.2, 0.25) is 0 Å². The summed E-state index contributed by atoms with van der Waals surface area (Å²) in [6, 6.07) is 9.39. The Morgan fingerprint density at radius 3 is 2.28 bits per heavy atom. The van der Waals surface area contributed by atoms with E-state index < -0.39 is 0 Å². The number of nitrogens with zero attached hydrogens (tertiary/aromatic N) is 5. The van der Waals surface area contributed by atoms with E-state index in [9.17, 15) is 4.79 Å². The van der Waals surface area contributed by atoms with Crippen molar-refractivity contribution < 1.29 is 19.0 Å². The van der Waals surface area contributed by atoms with Crippen molar-refractivity contribution >= 4 is 17.3 Å². The number of rotatable bonds is 6. The molecule has 0 unspecified atom stereocenters. The molecule has 0 N–H and O–H groups in total. The third-order valence-electron chi connectivity index (χ3n) is 7.74. The largest absolute Gasteiger partial charge is 0.490 e. The van der Waals surface area contributed by atoms with Crippen molar-refractivity contribution in [3.63, 3.8) is 0 Å². The van der Waals surface area contributed by atoms with E-state index in [2.05, 4.69) is 57.9 Å². The second-order valence-electron chi connectivity index (χ2n) is 10.3. The maximum Gasteiger partial charge on any atom is 0.316 e. The zero-order valence-corrected chi connectivity index (χ0v) is 21.6. The van der Waals surface area contributed by atoms with Crippen LogP contribution in [-0.2, 0) is 9.53 Å². The molecule has 4 heterocycles. The Labute approximate surface area is 213 Å². The van der Waals surface area contributed by atoms with Gasteiger partial charge < -0.3 is 28.9 Å². The summed E-state index contributed by atoms with van der Waals surface area (Å²) in [5.41, 5.74) is 1.52. The molecule has 36 heavy (non-hydrogen) atoms. The van der Waals surface area contributed by atoms with E-state index in [1.807, 2.05) is 0 Å². The van der Waals surface area contributed by atoms with Crippen LogP contribution in [0, 0.1) is 0 Å². The second-order valence-corrected chi connectivity index (χ2v) is 10.3. The molecule has 0 atom stereocenters. The Kier molecular flexibility index (Phi) is 7.29. The Bertz CT molecular complexity index is 1010. The highest BCUT2D eigenvalue weighted by Gasteiger charge is 2.43. The van der Waals surface area contributed by atoms with Crippen LogP contribution in [0.5, 0.6) is 11.8 Å². The lowest BCUT2D eigenvalue weighted by Gasteiger charge is -2.47. The average Bonchev–Trinajstić information content (AvgIpc) is 2.92. The van der Waals surface area contributed by atoms with Crippen LogP contribution < -0.4 is 19.3 Å². The maximum atomic E-state index is 12.6. The summed E-state index contributed by atoms with van der Waals surface area (Å²) in [7, 11) is 1.52. The number of likely N-dealkylation sites (tertiary alicyclic amines) is 1. The molecular formula is C27H37N5O4. The lowest BCUT2D eigenvalue weighted by molar-refractivity contribution is -0.141. The van der Waals surface area contributed by atoms with Crippen molar-refractivity contribution in [3.8, 4) is 11.8 Å². The number of ether oxygens (including phenoxy) is 3. The van der Waals surface area contributed by atoms with Gasteiger partial charge in [0.25, 0.3) is 5.91 Å². The summed E-state index contributed by atoms with van der Waals surface area (Å²) >= 11 is 0. The molecule has 5 rings (SSSR count). The van der Waals surface area contributed by atoms with Crippen LogP contribution in [0.2, 0.25) is 0 Å². The minimum atomic E-state index is -0.349. The van der Waals surface area contributed by atoms with E-state index in [0.29, 0.717) is 24.4 Å². The molecule has 0 aliphatic carbocycles. The zero-order valence-electron chi connectivity index (χ0n) is 21.6. The summed E-state index contributed by atoms with van der Waals surface area (Å²) in [5.74, 6) is 0.879. The molecule has 3 aliphatic rings. The van der Waals surface area contributed by atoms with E-state index in [-0.39, 0.29) is 24.1 Å². The Morgan fingerprint density at radius 1 is 1.00 bits per heavy atom. The van der Waals surface area contributed by atoms with Crippen LogP contribution in [0.3, 0.4) is 0 Å². The molecule has 9 nitrogen and oxygen atoms in total. The van der Waals surface area contributed by atoms with Gasteiger partial charge in [-0.1, -0.05) is 0 Å². The lowest BCUT2D eigenvalue weighted by Crippen LogP contribution is -2.59. The summed E-state index contributed by atoms with van der Waals surface area (Å²) in [6.07, 6.45) is 7.42. The van der Waals surface area contributed by atoms with Crippen LogP contribution in [0.1, 0.15) is 39.5 Å². The minimum Gasteiger partial charge on any atom is -0.490 e. The molecule has 3 aliphatic heterocycles. The molecule has 0 bridgehead atoms. The van der Waals surface area contributed by atoms with Crippen LogP contribution in [0.25, 0.3) is 0 Å². The van der Waals surface area contributed by atoms with Crippen molar-refractivity contribution in [2.24, 2.45) is 0 Å². The van der Waals surface area contributed by atoms with Gasteiger partial charge in [0.1, 0.15) is 18.5 Å². The Balaban J connectivity index is 1.15. The van der Waals surface area contributed by atoms with Gasteiger partial charge in [-0.25, -0.2) is 9.97 Å².